The molecule has 0 heterocycles. The first-order valence-corrected chi connectivity index (χ1v) is 15.4. The molecule has 122 valence electrons. The van der Waals surface area contributed by atoms with E-state index in [1.807, 2.05) is 0 Å². The Hall–Kier alpha value is 0.574. The van der Waals surface area contributed by atoms with Crippen LogP contribution in [0.15, 0.2) is 0 Å². The molecule has 0 saturated carbocycles. The van der Waals surface area contributed by atoms with Crippen molar-refractivity contribution in [2.75, 3.05) is 12.8 Å². The topological polar surface area (TPSA) is 12.5 Å². The van der Waals surface area contributed by atoms with Gasteiger partial charge in [0.1, 0.15) is 23.1 Å². The predicted molar refractivity (Wildman–Crippen MR) is 87.2 cm³/mol. The van der Waals surface area contributed by atoms with E-state index in [9.17, 15) is 13.2 Å². The fourth-order valence-corrected chi connectivity index (χ4v) is 18.0. The summed E-state index contributed by atoms with van der Waals surface area (Å²) in [5.41, 5.74) is 0. The molecule has 0 saturated heterocycles. The monoisotopic (exact) mass is 347 g/mol. The molecule has 0 aliphatic heterocycles. The van der Waals surface area contributed by atoms with Gasteiger partial charge >= 0.3 is 6.18 Å². The van der Waals surface area contributed by atoms with Gasteiger partial charge in [0.25, 0.3) is 0 Å². The van der Waals surface area contributed by atoms with E-state index in [0.29, 0.717) is 0 Å². The van der Waals surface area contributed by atoms with Crippen LogP contribution in [-0.4, -0.2) is 39.4 Å². The summed E-state index contributed by atoms with van der Waals surface area (Å²) in [5.74, 6) is 0. The van der Waals surface area contributed by atoms with Gasteiger partial charge in [0.05, 0.1) is 8.30 Å². The Morgan fingerprint density at radius 3 is 1.75 bits per heavy atom. The average Bonchev–Trinajstić information content (AvgIpc) is 2.16. The molecule has 2 nitrogen and oxygen atoms in total. The molecule has 0 amide bonds. The second-order valence-corrected chi connectivity index (χ2v) is 19.6. The standard InChI is InChI=1S/C12H29F3NOPSi2/c1-8-9-10-18(17-11-12(13,14)15)16(19(2,3)4)20(5,6)7/h8-11H2,1-7H3. The smallest absolute Gasteiger partial charge is 0.335 e. The van der Waals surface area contributed by atoms with Crippen molar-refractivity contribution in [2.24, 2.45) is 0 Å². The second-order valence-electron chi connectivity index (χ2n) is 6.97. The van der Waals surface area contributed by atoms with Gasteiger partial charge in [-0.25, -0.2) is 0 Å². The van der Waals surface area contributed by atoms with Crippen molar-refractivity contribution in [1.29, 1.82) is 0 Å². The quantitative estimate of drug-likeness (QED) is 0.415. The van der Waals surface area contributed by atoms with Crippen molar-refractivity contribution in [3.8, 4) is 0 Å². The number of nitrogens with zero attached hydrogens (tertiary/aromatic N) is 1. The molecule has 8 heteroatoms. The van der Waals surface area contributed by atoms with Gasteiger partial charge in [-0.1, -0.05) is 52.6 Å². The fourth-order valence-electron chi connectivity index (χ4n) is 2.34. The predicted octanol–water partition coefficient (Wildman–Crippen LogP) is 5.65. The Morgan fingerprint density at radius 2 is 1.45 bits per heavy atom. The molecule has 20 heavy (non-hydrogen) atoms. The van der Waals surface area contributed by atoms with Gasteiger partial charge in [-0.3, -0.25) is 0 Å². The fraction of sp³-hybridized carbons (Fsp3) is 1.00. The van der Waals surface area contributed by atoms with E-state index in [2.05, 4.69) is 50.2 Å². The number of halogens is 3. The first-order valence-electron chi connectivity index (χ1n) is 7.06. The maximum Gasteiger partial charge on any atom is 0.412 e. The minimum absolute atomic E-state index is 0.746. The van der Waals surface area contributed by atoms with Gasteiger partial charge in [0, 0.05) is 6.16 Å². The van der Waals surface area contributed by atoms with Gasteiger partial charge in [0.15, 0.2) is 0 Å². The first kappa shape index (κ1) is 20.6. The summed E-state index contributed by atoms with van der Waals surface area (Å²) in [7, 11) is -4.53. The first-order chi connectivity index (χ1) is 8.79. The normalized spacial score (nSPS) is 15.8. The Bertz CT molecular complexity index is 276. The molecule has 0 aromatic carbocycles. The van der Waals surface area contributed by atoms with Crippen LogP contribution in [0.1, 0.15) is 19.8 Å². The summed E-state index contributed by atoms with van der Waals surface area (Å²) in [4.78, 5) is 0. The SMILES string of the molecule is CCCCP(OCC(F)(F)F)N([Si](C)(C)C)[Si](C)(C)C. The van der Waals surface area contributed by atoms with E-state index in [4.69, 9.17) is 4.52 Å². The van der Waals surface area contributed by atoms with Crippen molar-refractivity contribution < 1.29 is 17.7 Å². The van der Waals surface area contributed by atoms with E-state index >= 15 is 0 Å². The highest BCUT2D eigenvalue weighted by Crippen LogP contribution is 2.49. The van der Waals surface area contributed by atoms with Crippen LogP contribution in [0.4, 0.5) is 13.2 Å². The van der Waals surface area contributed by atoms with Crippen LogP contribution in [0.3, 0.4) is 0 Å². The zero-order chi connectivity index (χ0) is 16.2. The number of hydrogen-bond acceptors (Lipinski definition) is 2. The van der Waals surface area contributed by atoms with Gasteiger partial charge < -0.3 is 8.53 Å². The molecular formula is C12H29F3NOPSi2. The van der Waals surface area contributed by atoms with Crippen LogP contribution < -0.4 is 0 Å². The number of hydrogen-bond donors (Lipinski definition) is 0. The van der Waals surface area contributed by atoms with Crippen LogP contribution in [0.5, 0.6) is 0 Å². The van der Waals surface area contributed by atoms with E-state index in [0.717, 1.165) is 19.0 Å². The van der Waals surface area contributed by atoms with Crippen LogP contribution >= 0.6 is 8.30 Å². The summed E-state index contributed by atoms with van der Waals surface area (Å²) in [6, 6.07) is 0. The summed E-state index contributed by atoms with van der Waals surface area (Å²) < 4.78 is 45.2. The highest BCUT2D eigenvalue weighted by atomic mass is 31.2. The van der Waals surface area contributed by atoms with Crippen molar-refractivity contribution in [1.82, 2.24) is 4.00 Å². The zero-order valence-electron chi connectivity index (χ0n) is 13.8. The lowest BCUT2D eigenvalue weighted by Crippen LogP contribution is -2.56. The minimum atomic E-state index is -4.24. The van der Waals surface area contributed by atoms with Crippen LogP contribution in [0, 0.1) is 0 Å². The third-order valence-corrected chi connectivity index (χ3v) is 15.7. The van der Waals surface area contributed by atoms with Crippen molar-refractivity contribution in [3.63, 3.8) is 0 Å². The van der Waals surface area contributed by atoms with Crippen LogP contribution in [0.25, 0.3) is 0 Å². The van der Waals surface area contributed by atoms with Crippen molar-refractivity contribution in [3.05, 3.63) is 0 Å². The Kier molecular flexibility index (Phi) is 7.94. The van der Waals surface area contributed by atoms with Crippen LogP contribution in [0.2, 0.25) is 39.3 Å². The van der Waals surface area contributed by atoms with E-state index in [1.54, 1.807) is 0 Å². The maximum absolute atomic E-state index is 12.5. The van der Waals surface area contributed by atoms with E-state index in [-0.39, 0.29) is 0 Å². The number of alkyl halides is 3. The van der Waals surface area contributed by atoms with Gasteiger partial charge in [-0.2, -0.15) is 13.2 Å². The molecule has 0 bridgehead atoms. The minimum Gasteiger partial charge on any atom is -0.335 e. The van der Waals surface area contributed by atoms with Gasteiger partial charge in [-0.15, -0.1) is 0 Å². The van der Waals surface area contributed by atoms with Crippen molar-refractivity contribution >= 4 is 24.8 Å². The summed E-state index contributed by atoms with van der Waals surface area (Å²) in [5, 5.41) is 0. The molecule has 1 atom stereocenters. The van der Waals surface area contributed by atoms with Crippen molar-refractivity contribution in [2.45, 2.75) is 65.2 Å². The average molecular weight is 348 g/mol. The largest absolute Gasteiger partial charge is 0.412 e. The molecule has 0 aliphatic carbocycles. The maximum atomic E-state index is 12.5. The molecule has 1 unspecified atom stereocenters. The Labute approximate surface area is 125 Å². The van der Waals surface area contributed by atoms with Gasteiger partial charge in [-0.05, 0) is 6.42 Å². The molecule has 0 fully saturated rings. The van der Waals surface area contributed by atoms with Crippen LogP contribution in [-0.2, 0) is 4.52 Å². The molecule has 0 spiro atoms. The highest BCUT2D eigenvalue weighted by molar-refractivity contribution is 7.55. The van der Waals surface area contributed by atoms with E-state index in [1.165, 1.54) is 0 Å². The van der Waals surface area contributed by atoms with E-state index < -0.39 is 37.6 Å². The lowest BCUT2D eigenvalue weighted by molar-refractivity contribution is -0.152. The molecule has 0 aromatic heterocycles. The summed E-state index contributed by atoms with van der Waals surface area (Å²) in [6.07, 6.45) is -1.58. The molecule has 0 N–H and O–H groups in total. The van der Waals surface area contributed by atoms with Gasteiger partial charge in [0.2, 0.25) is 0 Å². The zero-order valence-corrected chi connectivity index (χ0v) is 16.7. The Morgan fingerprint density at radius 1 is 1.00 bits per heavy atom. The third kappa shape index (κ3) is 8.12. The third-order valence-electron chi connectivity index (χ3n) is 2.57. The highest BCUT2D eigenvalue weighted by Gasteiger charge is 2.41. The lowest BCUT2D eigenvalue weighted by Gasteiger charge is -2.47. The summed E-state index contributed by atoms with van der Waals surface area (Å²) in [6.45, 7) is 14.1. The molecule has 0 aliphatic rings. The molecular weight excluding hydrogens is 318 g/mol. The number of unbranched alkanes of at least 4 members (excludes halogenated alkanes) is 1. The Balaban J connectivity index is 5.12. The lowest BCUT2D eigenvalue weighted by atomic mass is 10.4. The molecule has 0 radical (unpaired) electrons. The summed E-state index contributed by atoms with van der Waals surface area (Å²) >= 11 is 0. The molecule has 0 aromatic rings. The number of rotatable bonds is 8. The second kappa shape index (κ2) is 7.72. The molecule has 0 rings (SSSR count).